The van der Waals surface area contributed by atoms with Crippen LogP contribution in [0.3, 0.4) is 0 Å². The Kier molecular flexibility index (Phi) is 3.30. The molecule has 0 saturated heterocycles. The highest BCUT2D eigenvalue weighted by Gasteiger charge is 2.23. The third-order valence-electron chi connectivity index (χ3n) is 2.87. The molecule has 0 aliphatic rings. The number of hydrogen-bond acceptors (Lipinski definition) is 5. The summed E-state index contributed by atoms with van der Waals surface area (Å²) in [5, 5.41) is 18.2. The van der Waals surface area contributed by atoms with Crippen LogP contribution in [-0.4, -0.2) is 4.68 Å². The van der Waals surface area contributed by atoms with E-state index in [0.717, 1.165) is 18.2 Å². The van der Waals surface area contributed by atoms with Gasteiger partial charge in [-0.25, -0.2) is 13.5 Å². The van der Waals surface area contributed by atoms with Crippen molar-refractivity contribution in [3.8, 4) is 23.3 Å². The SMILES string of the molecule is N#Cc1c(-c2cc(F)ccc2F)c(C#N)c(=O)n(N)c1N. The molecule has 1 heterocycles. The molecule has 0 fully saturated rings. The Balaban J connectivity index is 3.06. The molecule has 1 aromatic heterocycles. The lowest BCUT2D eigenvalue weighted by Crippen LogP contribution is -2.33. The first-order valence-corrected chi connectivity index (χ1v) is 5.51. The Morgan fingerprint density at radius 2 is 1.76 bits per heavy atom. The summed E-state index contributed by atoms with van der Waals surface area (Å²) in [6.45, 7) is 0. The van der Waals surface area contributed by atoms with E-state index in [1.165, 1.54) is 0 Å². The minimum absolute atomic E-state index is 0.374. The van der Waals surface area contributed by atoms with Crippen LogP contribution in [0, 0.1) is 34.3 Å². The molecule has 21 heavy (non-hydrogen) atoms. The summed E-state index contributed by atoms with van der Waals surface area (Å²) in [6.07, 6.45) is 0. The van der Waals surface area contributed by atoms with Gasteiger partial charge in [0, 0.05) is 11.1 Å². The van der Waals surface area contributed by atoms with Gasteiger partial charge in [-0.2, -0.15) is 10.5 Å². The second-order valence-corrected chi connectivity index (χ2v) is 4.03. The summed E-state index contributed by atoms with van der Waals surface area (Å²) in [4.78, 5) is 11.9. The average molecular weight is 287 g/mol. The van der Waals surface area contributed by atoms with Gasteiger partial charge in [-0.3, -0.25) is 4.79 Å². The fourth-order valence-corrected chi connectivity index (χ4v) is 1.89. The highest BCUT2D eigenvalue weighted by Crippen LogP contribution is 2.30. The fraction of sp³-hybridized carbons (Fsp3) is 0. The fourth-order valence-electron chi connectivity index (χ4n) is 1.89. The van der Waals surface area contributed by atoms with E-state index in [0.29, 0.717) is 4.68 Å². The first-order chi connectivity index (χ1) is 9.92. The van der Waals surface area contributed by atoms with Gasteiger partial charge in [-0.15, -0.1) is 0 Å². The normalized spacial score (nSPS) is 9.90. The van der Waals surface area contributed by atoms with E-state index in [9.17, 15) is 13.6 Å². The van der Waals surface area contributed by atoms with Crippen LogP contribution in [0.5, 0.6) is 0 Å². The van der Waals surface area contributed by atoms with Crippen molar-refractivity contribution in [2.75, 3.05) is 11.6 Å². The second kappa shape index (κ2) is 4.94. The number of nitrogens with zero attached hydrogens (tertiary/aromatic N) is 3. The molecule has 4 N–H and O–H groups in total. The van der Waals surface area contributed by atoms with Gasteiger partial charge >= 0.3 is 0 Å². The van der Waals surface area contributed by atoms with Crippen LogP contribution < -0.4 is 17.1 Å². The number of nitrogens with two attached hydrogens (primary N) is 2. The lowest BCUT2D eigenvalue weighted by molar-refractivity contribution is 0.603. The molecule has 8 heteroatoms. The lowest BCUT2D eigenvalue weighted by atomic mass is 9.96. The molecular weight excluding hydrogens is 280 g/mol. The van der Waals surface area contributed by atoms with Crippen LogP contribution >= 0.6 is 0 Å². The molecule has 0 unspecified atom stereocenters. The van der Waals surface area contributed by atoms with Crippen LogP contribution in [0.2, 0.25) is 0 Å². The molecule has 2 aromatic rings. The number of nitrogen functional groups attached to an aromatic ring is 2. The zero-order valence-corrected chi connectivity index (χ0v) is 10.4. The Morgan fingerprint density at radius 3 is 2.33 bits per heavy atom. The maximum Gasteiger partial charge on any atom is 0.289 e. The minimum Gasteiger partial charge on any atom is -0.382 e. The van der Waals surface area contributed by atoms with Gasteiger partial charge in [0.2, 0.25) is 0 Å². The summed E-state index contributed by atoms with van der Waals surface area (Å²) >= 11 is 0. The monoisotopic (exact) mass is 287 g/mol. The summed E-state index contributed by atoms with van der Waals surface area (Å²) in [5.41, 5.74) is 2.78. The predicted molar refractivity (Wildman–Crippen MR) is 70.0 cm³/mol. The van der Waals surface area contributed by atoms with Gasteiger partial charge in [-0.05, 0) is 18.2 Å². The molecule has 0 aliphatic carbocycles. The number of hydrogen-bond donors (Lipinski definition) is 2. The van der Waals surface area contributed by atoms with Crippen molar-refractivity contribution in [2.45, 2.75) is 0 Å². The van der Waals surface area contributed by atoms with E-state index in [2.05, 4.69) is 0 Å². The van der Waals surface area contributed by atoms with Crippen molar-refractivity contribution in [3.63, 3.8) is 0 Å². The van der Waals surface area contributed by atoms with Crippen LogP contribution in [0.4, 0.5) is 14.6 Å². The smallest absolute Gasteiger partial charge is 0.289 e. The lowest BCUT2D eigenvalue weighted by Gasteiger charge is -2.12. The van der Waals surface area contributed by atoms with Crippen LogP contribution in [0.25, 0.3) is 11.1 Å². The first-order valence-electron chi connectivity index (χ1n) is 5.51. The zero-order valence-electron chi connectivity index (χ0n) is 10.4. The molecule has 0 atom stereocenters. The predicted octanol–water partition coefficient (Wildman–Crippen LogP) is 0.833. The zero-order chi connectivity index (χ0) is 15.7. The van der Waals surface area contributed by atoms with E-state index in [4.69, 9.17) is 22.1 Å². The topological polar surface area (TPSA) is 122 Å². The summed E-state index contributed by atoms with van der Waals surface area (Å²) in [7, 11) is 0. The quantitative estimate of drug-likeness (QED) is 0.752. The van der Waals surface area contributed by atoms with Crippen molar-refractivity contribution in [1.82, 2.24) is 4.68 Å². The van der Waals surface area contributed by atoms with Crippen molar-refractivity contribution in [3.05, 3.63) is 51.3 Å². The first kappa shape index (κ1) is 14.0. The maximum absolute atomic E-state index is 13.9. The standard InChI is InChI=1S/C13H7F2N5O/c14-6-1-2-10(15)7(3-6)11-8(4-16)12(18)20(19)13(21)9(11)5-17/h1-3H,18-19H2. The Labute approximate surface area is 117 Å². The summed E-state index contributed by atoms with van der Waals surface area (Å²) in [5.74, 6) is 3.21. The Bertz CT molecular complexity index is 889. The highest BCUT2D eigenvalue weighted by molar-refractivity contribution is 5.80. The molecule has 6 nitrogen and oxygen atoms in total. The number of anilines is 1. The largest absolute Gasteiger partial charge is 0.382 e. The number of aromatic nitrogens is 1. The van der Waals surface area contributed by atoms with Crippen LogP contribution in [0.1, 0.15) is 11.1 Å². The number of nitriles is 2. The molecule has 0 bridgehead atoms. The van der Waals surface area contributed by atoms with E-state index in [1.807, 2.05) is 0 Å². The molecule has 1 aromatic carbocycles. The third kappa shape index (κ3) is 2.05. The van der Waals surface area contributed by atoms with Crippen LogP contribution in [0.15, 0.2) is 23.0 Å². The Morgan fingerprint density at radius 1 is 1.14 bits per heavy atom. The number of benzene rings is 1. The third-order valence-corrected chi connectivity index (χ3v) is 2.87. The molecule has 0 saturated carbocycles. The van der Waals surface area contributed by atoms with E-state index >= 15 is 0 Å². The van der Waals surface area contributed by atoms with Gasteiger partial charge in [0.15, 0.2) is 0 Å². The van der Waals surface area contributed by atoms with Gasteiger partial charge in [0.05, 0.1) is 0 Å². The van der Waals surface area contributed by atoms with Crippen molar-refractivity contribution in [1.29, 1.82) is 10.5 Å². The molecule has 2 rings (SSSR count). The number of pyridine rings is 1. The maximum atomic E-state index is 13.9. The van der Waals surface area contributed by atoms with Crippen LogP contribution in [-0.2, 0) is 0 Å². The van der Waals surface area contributed by atoms with Gasteiger partial charge < -0.3 is 11.6 Å². The van der Waals surface area contributed by atoms with Gasteiger partial charge in [0.1, 0.15) is 40.7 Å². The molecule has 104 valence electrons. The number of rotatable bonds is 1. The summed E-state index contributed by atoms with van der Waals surface area (Å²) < 4.78 is 27.6. The van der Waals surface area contributed by atoms with E-state index in [1.54, 1.807) is 12.1 Å². The Hall–Kier alpha value is -3.39. The molecular formula is C13H7F2N5O. The summed E-state index contributed by atoms with van der Waals surface area (Å²) in [6, 6.07) is 5.64. The average Bonchev–Trinajstić information content (AvgIpc) is 2.47. The second-order valence-electron chi connectivity index (χ2n) is 4.03. The van der Waals surface area contributed by atoms with Gasteiger partial charge in [0.25, 0.3) is 5.56 Å². The molecule has 0 spiro atoms. The molecule has 0 aliphatic heterocycles. The van der Waals surface area contributed by atoms with E-state index < -0.39 is 34.1 Å². The van der Waals surface area contributed by atoms with Crippen molar-refractivity contribution >= 4 is 5.82 Å². The molecule has 0 radical (unpaired) electrons. The van der Waals surface area contributed by atoms with Crippen molar-refractivity contribution in [2.24, 2.45) is 0 Å². The van der Waals surface area contributed by atoms with Crippen molar-refractivity contribution < 1.29 is 8.78 Å². The van der Waals surface area contributed by atoms with Gasteiger partial charge in [-0.1, -0.05) is 0 Å². The minimum atomic E-state index is -1.01. The van der Waals surface area contributed by atoms with E-state index in [-0.39, 0.29) is 11.1 Å². The number of halogens is 2. The highest BCUT2D eigenvalue weighted by atomic mass is 19.1. The molecule has 0 amide bonds.